The molecule has 0 radical (unpaired) electrons. The number of benzene rings is 1. The van der Waals surface area contributed by atoms with Crippen LogP contribution in [0.1, 0.15) is 0 Å². The molecule has 1 aromatic carbocycles. The first-order valence-electron chi connectivity index (χ1n) is 4.41. The van der Waals surface area contributed by atoms with E-state index in [0.29, 0.717) is 21.5 Å². The highest BCUT2D eigenvalue weighted by Gasteiger charge is 2.17. The molecule has 6 heteroatoms. The van der Waals surface area contributed by atoms with Crippen LogP contribution < -0.4 is 10.5 Å². The molecular weight excluding hydrogens is 276 g/mol. The number of rotatable bonds is 2. The molecule has 0 spiro atoms. The minimum absolute atomic E-state index is 0.0203. The second kappa shape index (κ2) is 4.05. The number of aromatic nitrogens is 1. The van der Waals surface area contributed by atoms with Gasteiger partial charge in [-0.25, -0.2) is 0 Å². The van der Waals surface area contributed by atoms with E-state index in [9.17, 15) is 5.11 Å². The van der Waals surface area contributed by atoms with Gasteiger partial charge in [0.05, 0.1) is 12.7 Å². The van der Waals surface area contributed by atoms with Crippen molar-refractivity contribution in [3.8, 4) is 22.8 Å². The number of aromatic hydroxyl groups is 1. The van der Waals surface area contributed by atoms with Gasteiger partial charge in [0.15, 0.2) is 23.1 Å². The Hall–Kier alpha value is -1.69. The Bertz CT molecular complexity index is 525. The van der Waals surface area contributed by atoms with Gasteiger partial charge in [0.1, 0.15) is 0 Å². The van der Waals surface area contributed by atoms with E-state index >= 15 is 0 Å². The molecule has 0 unspecified atom stereocenters. The number of nitrogens with two attached hydrogens (primary N) is 1. The molecule has 0 saturated heterocycles. The van der Waals surface area contributed by atoms with Gasteiger partial charge < -0.3 is 20.1 Å². The molecular formula is C10H9BrN2O3. The van der Waals surface area contributed by atoms with Crippen molar-refractivity contribution in [3.63, 3.8) is 0 Å². The smallest absolute Gasteiger partial charge is 0.174 e. The van der Waals surface area contributed by atoms with E-state index in [0.717, 1.165) is 0 Å². The summed E-state index contributed by atoms with van der Waals surface area (Å²) in [7, 11) is 1.47. The molecule has 0 atom stereocenters. The number of methoxy groups -OCH3 is 1. The van der Waals surface area contributed by atoms with Gasteiger partial charge in [-0.1, -0.05) is 5.16 Å². The van der Waals surface area contributed by atoms with Crippen LogP contribution in [0.5, 0.6) is 11.5 Å². The van der Waals surface area contributed by atoms with Gasteiger partial charge in [-0.3, -0.25) is 0 Å². The molecule has 0 aliphatic carbocycles. The SMILES string of the molecule is COc1ccc(Br)c(-c2cc(N)no2)c1O. The number of nitrogen functional groups attached to an aromatic ring is 1. The van der Waals surface area contributed by atoms with Crippen molar-refractivity contribution in [1.82, 2.24) is 5.16 Å². The summed E-state index contributed by atoms with van der Waals surface area (Å²) in [5, 5.41) is 13.5. The van der Waals surface area contributed by atoms with Gasteiger partial charge in [-0.2, -0.15) is 0 Å². The van der Waals surface area contributed by atoms with Gasteiger partial charge in [0.2, 0.25) is 0 Å². The highest BCUT2D eigenvalue weighted by atomic mass is 79.9. The summed E-state index contributed by atoms with van der Waals surface area (Å²) in [6.45, 7) is 0. The number of nitrogens with zero attached hydrogens (tertiary/aromatic N) is 1. The molecule has 0 bridgehead atoms. The van der Waals surface area contributed by atoms with Crippen LogP contribution in [0.4, 0.5) is 5.82 Å². The topological polar surface area (TPSA) is 81.5 Å². The molecule has 0 amide bonds. The van der Waals surface area contributed by atoms with E-state index in [2.05, 4.69) is 21.1 Å². The number of hydrogen-bond acceptors (Lipinski definition) is 5. The summed E-state index contributed by atoms with van der Waals surface area (Å²) >= 11 is 3.31. The zero-order chi connectivity index (χ0) is 11.7. The van der Waals surface area contributed by atoms with E-state index in [-0.39, 0.29) is 11.6 Å². The maximum Gasteiger partial charge on any atom is 0.174 e. The van der Waals surface area contributed by atoms with Gasteiger partial charge >= 0.3 is 0 Å². The highest BCUT2D eigenvalue weighted by Crippen LogP contribution is 2.42. The fraction of sp³-hybridized carbons (Fsp3) is 0.100. The summed E-state index contributed by atoms with van der Waals surface area (Å²) in [5.74, 6) is 0.964. The van der Waals surface area contributed by atoms with Crippen LogP contribution in [-0.4, -0.2) is 17.4 Å². The fourth-order valence-corrected chi connectivity index (χ4v) is 1.87. The lowest BCUT2D eigenvalue weighted by Crippen LogP contribution is -1.87. The summed E-state index contributed by atoms with van der Waals surface area (Å²) in [6.07, 6.45) is 0. The third-order valence-electron chi connectivity index (χ3n) is 2.08. The minimum atomic E-state index is -0.0203. The Kier molecular flexibility index (Phi) is 2.74. The van der Waals surface area contributed by atoms with E-state index in [1.165, 1.54) is 13.2 Å². The Balaban J connectivity index is 2.63. The van der Waals surface area contributed by atoms with Crippen molar-refractivity contribution in [1.29, 1.82) is 0 Å². The summed E-state index contributed by atoms with van der Waals surface area (Å²) in [5.41, 5.74) is 5.92. The number of phenols is 1. The maximum atomic E-state index is 9.95. The van der Waals surface area contributed by atoms with E-state index in [4.69, 9.17) is 15.0 Å². The quantitative estimate of drug-likeness (QED) is 0.885. The van der Waals surface area contributed by atoms with Crippen molar-refractivity contribution >= 4 is 21.7 Å². The lowest BCUT2D eigenvalue weighted by molar-refractivity contribution is 0.371. The molecule has 1 heterocycles. The number of halogens is 1. The first-order valence-corrected chi connectivity index (χ1v) is 5.20. The monoisotopic (exact) mass is 284 g/mol. The Labute approximate surface area is 99.9 Å². The second-order valence-corrected chi connectivity index (χ2v) is 3.94. The average Bonchev–Trinajstić information content (AvgIpc) is 2.65. The molecule has 5 nitrogen and oxygen atoms in total. The van der Waals surface area contributed by atoms with Crippen LogP contribution in [-0.2, 0) is 0 Å². The Morgan fingerprint density at radius 3 is 2.81 bits per heavy atom. The van der Waals surface area contributed by atoms with E-state index < -0.39 is 0 Å². The van der Waals surface area contributed by atoms with Crippen LogP contribution in [0.2, 0.25) is 0 Å². The van der Waals surface area contributed by atoms with Crippen molar-refractivity contribution in [2.24, 2.45) is 0 Å². The van der Waals surface area contributed by atoms with Gasteiger partial charge in [0.25, 0.3) is 0 Å². The molecule has 16 heavy (non-hydrogen) atoms. The first-order chi connectivity index (χ1) is 7.63. The number of anilines is 1. The van der Waals surface area contributed by atoms with Gasteiger partial charge in [0, 0.05) is 10.5 Å². The molecule has 2 rings (SSSR count). The normalized spacial score (nSPS) is 10.4. The second-order valence-electron chi connectivity index (χ2n) is 3.09. The lowest BCUT2D eigenvalue weighted by atomic mass is 10.1. The lowest BCUT2D eigenvalue weighted by Gasteiger charge is -2.08. The summed E-state index contributed by atoms with van der Waals surface area (Å²) < 4.78 is 10.7. The van der Waals surface area contributed by atoms with Gasteiger partial charge in [-0.15, -0.1) is 0 Å². The number of phenolic OH excluding ortho intramolecular Hbond substituents is 1. The highest BCUT2D eigenvalue weighted by molar-refractivity contribution is 9.10. The maximum absolute atomic E-state index is 9.95. The van der Waals surface area contributed by atoms with Crippen LogP contribution in [0.3, 0.4) is 0 Å². The molecule has 0 fully saturated rings. The third-order valence-corrected chi connectivity index (χ3v) is 2.75. The van der Waals surface area contributed by atoms with Crippen molar-refractivity contribution in [3.05, 3.63) is 22.7 Å². The Morgan fingerprint density at radius 1 is 1.50 bits per heavy atom. The van der Waals surface area contributed by atoms with E-state index in [1.807, 2.05) is 0 Å². The average molecular weight is 285 g/mol. The van der Waals surface area contributed by atoms with E-state index in [1.54, 1.807) is 12.1 Å². The predicted octanol–water partition coefficient (Wildman–Crippen LogP) is 2.40. The predicted molar refractivity (Wildman–Crippen MR) is 62.3 cm³/mol. The van der Waals surface area contributed by atoms with Crippen molar-refractivity contribution < 1.29 is 14.4 Å². The zero-order valence-corrected chi connectivity index (χ0v) is 9.98. The summed E-state index contributed by atoms with van der Waals surface area (Å²) in [4.78, 5) is 0. The van der Waals surface area contributed by atoms with Crippen molar-refractivity contribution in [2.45, 2.75) is 0 Å². The van der Waals surface area contributed by atoms with Gasteiger partial charge in [-0.05, 0) is 28.1 Å². The number of hydrogen-bond donors (Lipinski definition) is 2. The zero-order valence-electron chi connectivity index (χ0n) is 8.40. The molecule has 84 valence electrons. The molecule has 0 aliphatic rings. The molecule has 0 saturated carbocycles. The standard InChI is InChI=1S/C10H9BrN2O3/c1-15-6-3-2-5(11)9(10(6)14)7-4-8(12)13-16-7/h2-4,14H,1H3,(H2,12,13). The van der Waals surface area contributed by atoms with Crippen molar-refractivity contribution in [2.75, 3.05) is 12.8 Å². The summed E-state index contributed by atoms with van der Waals surface area (Å²) in [6, 6.07) is 4.91. The van der Waals surface area contributed by atoms with Crippen LogP contribution in [0.25, 0.3) is 11.3 Å². The van der Waals surface area contributed by atoms with Crippen LogP contribution >= 0.6 is 15.9 Å². The largest absolute Gasteiger partial charge is 0.504 e. The molecule has 2 aromatic rings. The molecule has 0 aliphatic heterocycles. The molecule has 3 N–H and O–H groups in total. The Morgan fingerprint density at radius 2 is 2.25 bits per heavy atom. The van der Waals surface area contributed by atoms with Crippen LogP contribution in [0.15, 0.2) is 27.2 Å². The third kappa shape index (κ3) is 1.71. The molecule has 1 aromatic heterocycles. The number of ether oxygens (including phenoxy) is 1. The first kappa shape index (κ1) is 10.8. The van der Waals surface area contributed by atoms with Crippen LogP contribution in [0, 0.1) is 0 Å². The minimum Gasteiger partial charge on any atom is -0.504 e. The fourth-order valence-electron chi connectivity index (χ4n) is 1.35.